The molecule has 0 saturated heterocycles. The maximum absolute atomic E-state index is 12.4. The number of aliphatic hydroxyl groups excluding tert-OH is 2. The van der Waals surface area contributed by atoms with Gasteiger partial charge in [0.2, 0.25) is 0 Å². The van der Waals surface area contributed by atoms with Crippen LogP contribution in [0, 0.1) is 0 Å². The molecule has 0 rings (SSSR count). The molecule has 0 aromatic carbocycles. The Morgan fingerprint density at radius 3 is 1.61 bits per heavy atom. The number of hydrogen-bond acceptors (Lipinski definition) is 8. The molecule has 0 spiro atoms. The molecule has 11 heteroatoms. The summed E-state index contributed by atoms with van der Waals surface area (Å²) in [6.07, 6.45) is 31.9. The number of esters is 2. The molecule has 0 bridgehead atoms. The Morgan fingerprint density at radius 2 is 1.08 bits per heavy atom. The fourth-order valence-electron chi connectivity index (χ4n) is 4.94. The zero-order valence-corrected chi connectivity index (χ0v) is 31.2. The molecule has 284 valence electrons. The smallest absolute Gasteiger partial charge is 0.462 e. The number of allylic oxidation sites excluding steroid dienone is 6. The molecule has 0 saturated carbocycles. The number of aliphatic hydroxyl groups is 2. The number of carbonyl (C=O) groups is 2. The molecule has 0 heterocycles. The Morgan fingerprint density at radius 1 is 0.612 bits per heavy atom. The van der Waals surface area contributed by atoms with E-state index in [0.29, 0.717) is 25.7 Å². The molecule has 0 aliphatic rings. The van der Waals surface area contributed by atoms with Crippen LogP contribution in [0.4, 0.5) is 0 Å². The van der Waals surface area contributed by atoms with E-state index in [1.54, 1.807) is 18.2 Å². The van der Waals surface area contributed by atoms with Gasteiger partial charge in [0.05, 0.1) is 18.8 Å². The fourth-order valence-corrected chi connectivity index (χ4v) is 5.30. The van der Waals surface area contributed by atoms with Crippen LogP contribution in [-0.2, 0) is 28.2 Å². The van der Waals surface area contributed by atoms with Gasteiger partial charge in [0, 0.05) is 12.8 Å². The van der Waals surface area contributed by atoms with E-state index in [4.69, 9.17) is 19.3 Å². The van der Waals surface area contributed by atoms with Crippen molar-refractivity contribution >= 4 is 19.8 Å². The number of hydrogen-bond donors (Lipinski definition) is 4. The summed E-state index contributed by atoms with van der Waals surface area (Å²) in [5, 5.41) is 20.0. The monoisotopic (exact) mass is 714 g/mol. The van der Waals surface area contributed by atoms with Gasteiger partial charge in [0.25, 0.3) is 0 Å². The molecule has 0 radical (unpaired) electrons. The van der Waals surface area contributed by atoms with Crippen molar-refractivity contribution < 1.29 is 48.2 Å². The summed E-state index contributed by atoms with van der Waals surface area (Å²) in [7, 11) is -4.81. The van der Waals surface area contributed by atoms with E-state index >= 15 is 0 Å². The second-order valence-corrected chi connectivity index (χ2v) is 13.8. The third-order valence-corrected chi connectivity index (χ3v) is 8.29. The van der Waals surface area contributed by atoms with E-state index in [-0.39, 0.29) is 19.4 Å². The molecule has 0 aliphatic heterocycles. The molecule has 0 unspecified atom stereocenters. The minimum atomic E-state index is -4.81. The molecule has 4 N–H and O–H groups in total. The Hall–Kier alpha value is -2.07. The number of phosphoric ester groups is 1. The second-order valence-electron chi connectivity index (χ2n) is 12.6. The highest BCUT2D eigenvalue weighted by atomic mass is 31.2. The third kappa shape index (κ3) is 35.6. The van der Waals surface area contributed by atoms with E-state index in [9.17, 15) is 24.4 Å². The average Bonchev–Trinajstić information content (AvgIpc) is 3.05. The zero-order valence-electron chi connectivity index (χ0n) is 30.3. The van der Waals surface area contributed by atoms with Crippen LogP contribution in [0.25, 0.3) is 0 Å². The lowest BCUT2D eigenvalue weighted by Gasteiger charge is -2.18. The number of phosphoric acid groups is 1. The van der Waals surface area contributed by atoms with Gasteiger partial charge in [0.15, 0.2) is 6.10 Å². The first-order valence-electron chi connectivity index (χ1n) is 18.6. The summed E-state index contributed by atoms with van der Waals surface area (Å²) in [5.74, 6) is -1.11. The Balaban J connectivity index is 4.26. The van der Waals surface area contributed by atoms with Crippen molar-refractivity contribution in [3.05, 3.63) is 48.6 Å². The highest BCUT2D eigenvalue weighted by Crippen LogP contribution is 2.36. The molecule has 0 aromatic rings. The number of carbonyl (C=O) groups excluding carboxylic acids is 2. The Labute approximate surface area is 296 Å². The van der Waals surface area contributed by atoms with Gasteiger partial charge in [-0.15, -0.1) is 0 Å². The van der Waals surface area contributed by atoms with E-state index in [1.165, 1.54) is 51.4 Å². The van der Waals surface area contributed by atoms with Crippen LogP contribution in [0.1, 0.15) is 149 Å². The van der Waals surface area contributed by atoms with Gasteiger partial charge >= 0.3 is 19.8 Å². The highest BCUT2D eigenvalue weighted by molar-refractivity contribution is 7.46. The lowest BCUT2D eigenvalue weighted by atomic mass is 10.0. The molecule has 0 aliphatic carbocycles. The van der Waals surface area contributed by atoms with Gasteiger partial charge in [0.1, 0.15) is 6.61 Å². The summed E-state index contributed by atoms with van der Waals surface area (Å²) in [6.45, 7) is 3.37. The van der Waals surface area contributed by atoms with Crippen molar-refractivity contribution in [2.75, 3.05) is 13.2 Å². The van der Waals surface area contributed by atoms with E-state index in [2.05, 4.69) is 18.4 Å². The van der Waals surface area contributed by atoms with Gasteiger partial charge in [-0.05, 0) is 32.1 Å². The van der Waals surface area contributed by atoms with Crippen molar-refractivity contribution in [1.29, 1.82) is 0 Å². The van der Waals surface area contributed by atoms with Crippen LogP contribution in [0.15, 0.2) is 48.6 Å². The number of rotatable bonds is 33. The molecule has 10 nitrogen and oxygen atoms in total. The first kappa shape index (κ1) is 46.9. The minimum absolute atomic E-state index is 0.0361. The zero-order chi connectivity index (χ0) is 36.4. The second kappa shape index (κ2) is 33.1. The molecule has 0 amide bonds. The summed E-state index contributed by atoms with van der Waals surface area (Å²) >= 11 is 0. The van der Waals surface area contributed by atoms with E-state index in [1.807, 2.05) is 30.4 Å². The standard InChI is InChI=1S/C38H67O10P/c1-3-5-7-8-9-10-11-12-13-17-20-24-30-37(41)46-32-36(33-47-49(43,44)45)48-38(42)31-25-29-35(40)28-23-19-16-14-15-18-22-27-34(39)26-21-6-4-2/h15-16,18-19,22-23,27-28,34-36,39-40H,3-14,17,20-21,24-26,29-33H2,1-2H3,(H2,43,44,45)/b18-15-,19-16-,27-22+,28-23+/t34-,35-,36-/m1/s1. The predicted molar refractivity (Wildman–Crippen MR) is 196 cm³/mol. The summed E-state index contributed by atoms with van der Waals surface area (Å²) in [5.41, 5.74) is 0. The van der Waals surface area contributed by atoms with Crippen LogP contribution in [-0.4, -0.2) is 63.5 Å². The van der Waals surface area contributed by atoms with E-state index < -0.39 is 44.7 Å². The highest BCUT2D eigenvalue weighted by Gasteiger charge is 2.23. The third-order valence-electron chi connectivity index (χ3n) is 7.81. The molecule has 49 heavy (non-hydrogen) atoms. The van der Waals surface area contributed by atoms with Crippen LogP contribution in [0.5, 0.6) is 0 Å². The topological polar surface area (TPSA) is 160 Å². The lowest BCUT2D eigenvalue weighted by molar-refractivity contribution is -0.161. The Kier molecular flexibility index (Phi) is 31.7. The minimum Gasteiger partial charge on any atom is -0.462 e. The summed E-state index contributed by atoms with van der Waals surface area (Å²) in [6, 6.07) is 0. The average molecular weight is 715 g/mol. The SMILES string of the molecule is CCCCCCCCCCCCCCC(=O)OC[C@H](COP(=O)(O)O)OC(=O)CCC[C@H](O)/C=C/C=C\C/C=C\C=C\[C@H](O)CCCCC. The fraction of sp³-hybridized carbons (Fsp3) is 0.737. The first-order valence-corrected chi connectivity index (χ1v) is 20.2. The maximum Gasteiger partial charge on any atom is 0.469 e. The van der Waals surface area contributed by atoms with Crippen LogP contribution >= 0.6 is 7.82 Å². The largest absolute Gasteiger partial charge is 0.469 e. The lowest BCUT2D eigenvalue weighted by Crippen LogP contribution is -2.29. The van der Waals surface area contributed by atoms with Crippen molar-refractivity contribution in [2.45, 2.75) is 167 Å². The van der Waals surface area contributed by atoms with Gasteiger partial charge < -0.3 is 29.5 Å². The van der Waals surface area contributed by atoms with Crippen molar-refractivity contribution in [2.24, 2.45) is 0 Å². The molecular weight excluding hydrogens is 647 g/mol. The van der Waals surface area contributed by atoms with Crippen molar-refractivity contribution in [3.8, 4) is 0 Å². The summed E-state index contributed by atoms with van der Waals surface area (Å²) in [4.78, 5) is 42.7. The number of ether oxygens (including phenoxy) is 2. The van der Waals surface area contributed by atoms with Crippen LogP contribution in [0.3, 0.4) is 0 Å². The molecule has 0 fully saturated rings. The maximum atomic E-state index is 12.4. The normalized spacial score (nSPS) is 14.3. The van der Waals surface area contributed by atoms with Gasteiger partial charge in [-0.25, -0.2) is 4.57 Å². The molecule has 3 atom stereocenters. The van der Waals surface area contributed by atoms with Crippen molar-refractivity contribution in [1.82, 2.24) is 0 Å². The quantitative estimate of drug-likeness (QED) is 0.0224. The summed E-state index contributed by atoms with van der Waals surface area (Å²) < 4.78 is 26.1. The van der Waals surface area contributed by atoms with Crippen LogP contribution in [0.2, 0.25) is 0 Å². The predicted octanol–water partition coefficient (Wildman–Crippen LogP) is 8.73. The molecular formula is C38H67O10P. The van der Waals surface area contributed by atoms with Gasteiger partial charge in [-0.3, -0.25) is 14.1 Å². The van der Waals surface area contributed by atoms with Gasteiger partial charge in [-0.1, -0.05) is 152 Å². The first-order chi connectivity index (χ1) is 23.6. The van der Waals surface area contributed by atoms with Gasteiger partial charge in [-0.2, -0.15) is 0 Å². The van der Waals surface area contributed by atoms with E-state index in [0.717, 1.165) is 44.9 Å². The molecule has 0 aromatic heterocycles. The van der Waals surface area contributed by atoms with Crippen LogP contribution < -0.4 is 0 Å². The number of unbranched alkanes of at least 4 members (excludes halogenated alkanes) is 13. The van der Waals surface area contributed by atoms with Crippen molar-refractivity contribution in [3.63, 3.8) is 0 Å². The Bertz CT molecular complexity index is 972.